The Kier molecular flexibility index (Phi) is 7.20. The lowest BCUT2D eigenvalue weighted by Crippen LogP contribution is -2.55. The second-order valence-corrected chi connectivity index (χ2v) is 7.76. The largest absolute Gasteiger partial charge is 0.465 e. The van der Waals surface area contributed by atoms with Gasteiger partial charge in [0.15, 0.2) is 11.6 Å². The summed E-state index contributed by atoms with van der Waals surface area (Å²) in [5.41, 5.74) is 0.696. The molecule has 5 nitrogen and oxygen atoms in total. The van der Waals surface area contributed by atoms with Crippen molar-refractivity contribution in [2.45, 2.75) is 44.7 Å². The topological polar surface area (TPSA) is 60.9 Å². The number of unbranched alkanes of at least 4 members (excludes halogenated alkanes) is 1. The molecule has 0 saturated carbocycles. The zero-order valence-electron chi connectivity index (χ0n) is 17.2. The summed E-state index contributed by atoms with van der Waals surface area (Å²) in [5, 5.41) is 9.82. The molecule has 1 aliphatic rings. The van der Waals surface area contributed by atoms with Crippen molar-refractivity contribution in [3.8, 4) is 0 Å². The maximum Gasteiger partial charge on any atom is 0.407 e. The average Bonchev–Trinajstić information content (AvgIpc) is 2.73. The first-order valence-corrected chi connectivity index (χ1v) is 10.3. The zero-order chi connectivity index (χ0) is 22.5. The average molecular weight is 434 g/mol. The lowest BCUT2D eigenvalue weighted by atomic mass is 9.83. The van der Waals surface area contributed by atoms with Crippen LogP contribution in [0.25, 0.3) is 0 Å². The lowest BCUT2D eigenvalue weighted by Gasteiger charge is -2.43. The van der Waals surface area contributed by atoms with E-state index in [4.69, 9.17) is 0 Å². The molecule has 2 aromatic rings. The molecule has 0 aliphatic carbocycles. The highest BCUT2D eigenvalue weighted by Crippen LogP contribution is 2.35. The van der Waals surface area contributed by atoms with E-state index in [0.717, 1.165) is 18.1 Å². The molecule has 0 radical (unpaired) electrons. The van der Waals surface area contributed by atoms with Gasteiger partial charge < -0.3 is 14.9 Å². The number of benzene rings is 2. The molecule has 0 bridgehead atoms. The van der Waals surface area contributed by atoms with Crippen molar-refractivity contribution in [2.75, 3.05) is 13.1 Å². The molecule has 0 aromatic heterocycles. The fraction of sp³-hybridized carbons (Fsp3) is 0.391. The first-order chi connectivity index (χ1) is 14.8. The molecule has 31 heavy (non-hydrogen) atoms. The van der Waals surface area contributed by atoms with E-state index in [1.807, 2.05) is 37.3 Å². The molecule has 3 rings (SSSR count). The minimum absolute atomic E-state index is 0.0346. The molecule has 2 amide bonds. The summed E-state index contributed by atoms with van der Waals surface area (Å²) in [4.78, 5) is 27.6. The predicted octanol–water partition coefficient (Wildman–Crippen LogP) is 4.77. The van der Waals surface area contributed by atoms with Crippen LogP contribution in [-0.2, 0) is 11.3 Å². The van der Waals surface area contributed by atoms with E-state index < -0.39 is 35.5 Å². The number of carbonyl (C=O) groups excluding carboxylic acids is 1. The molecule has 166 valence electrons. The second kappa shape index (κ2) is 9.85. The number of amides is 2. The van der Waals surface area contributed by atoms with Gasteiger partial charge in [0, 0.05) is 38.0 Å². The van der Waals surface area contributed by atoms with Crippen LogP contribution in [0.1, 0.15) is 43.2 Å². The van der Waals surface area contributed by atoms with E-state index in [1.165, 1.54) is 9.80 Å². The summed E-state index contributed by atoms with van der Waals surface area (Å²) in [6.07, 6.45) is -0.0639. The van der Waals surface area contributed by atoms with E-state index in [0.29, 0.717) is 12.5 Å². The molecule has 0 unspecified atom stereocenters. The van der Waals surface area contributed by atoms with Crippen LogP contribution in [0.15, 0.2) is 42.5 Å². The van der Waals surface area contributed by atoms with E-state index in [9.17, 15) is 27.9 Å². The number of carbonyl (C=O) groups is 2. The van der Waals surface area contributed by atoms with E-state index in [2.05, 4.69) is 0 Å². The fourth-order valence-electron chi connectivity index (χ4n) is 4.05. The fourth-order valence-corrected chi connectivity index (χ4v) is 4.05. The first-order valence-electron chi connectivity index (χ1n) is 10.3. The maximum absolute atomic E-state index is 14.6. The van der Waals surface area contributed by atoms with Gasteiger partial charge in [0.1, 0.15) is 5.82 Å². The number of halogens is 3. The molecule has 1 saturated heterocycles. The number of nitrogens with zero attached hydrogens (tertiary/aromatic N) is 2. The summed E-state index contributed by atoms with van der Waals surface area (Å²) in [7, 11) is 0. The molecule has 1 fully saturated rings. The maximum atomic E-state index is 14.6. The Balaban J connectivity index is 1.97. The Bertz CT molecular complexity index is 939. The smallest absolute Gasteiger partial charge is 0.407 e. The Morgan fingerprint density at radius 3 is 2.45 bits per heavy atom. The van der Waals surface area contributed by atoms with Crippen molar-refractivity contribution in [2.24, 2.45) is 0 Å². The van der Waals surface area contributed by atoms with E-state index in [-0.39, 0.29) is 37.5 Å². The quantitative estimate of drug-likeness (QED) is 0.639. The Hall–Kier alpha value is -3.03. The van der Waals surface area contributed by atoms with Crippen molar-refractivity contribution < 1.29 is 27.9 Å². The van der Waals surface area contributed by atoms with Gasteiger partial charge in [0.05, 0.1) is 6.04 Å². The molecule has 2 atom stereocenters. The third-order valence-electron chi connectivity index (χ3n) is 5.67. The van der Waals surface area contributed by atoms with Gasteiger partial charge in [-0.2, -0.15) is 0 Å². The van der Waals surface area contributed by atoms with Crippen LogP contribution in [0, 0.1) is 17.5 Å². The standard InChI is InChI=1S/C23H25F3N2O3/c1-2-3-9-28(23(30)31)21-14-27(13-15-7-5-4-6-8-15)22(29)11-17(21)16-10-19(25)20(26)12-18(16)24/h4-8,10,12,17,21H,2-3,9,11,13-14H2,1H3,(H,30,31)/t17-,21+/m1/s1. The third-order valence-corrected chi connectivity index (χ3v) is 5.67. The van der Waals surface area contributed by atoms with Gasteiger partial charge in [-0.05, 0) is 23.6 Å². The van der Waals surface area contributed by atoms with Crippen LogP contribution in [-0.4, -0.2) is 46.0 Å². The van der Waals surface area contributed by atoms with Gasteiger partial charge in [-0.15, -0.1) is 0 Å². The van der Waals surface area contributed by atoms with Crippen molar-refractivity contribution >= 4 is 12.0 Å². The summed E-state index contributed by atoms with van der Waals surface area (Å²) >= 11 is 0. The first kappa shape index (κ1) is 22.7. The molecule has 1 N–H and O–H groups in total. The van der Waals surface area contributed by atoms with Crippen LogP contribution < -0.4 is 0 Å². The van der Waals surface area contributed by atoms with Gasteiger partial charge in [0.2, 0.25) is 5.91 Å². The second-order valence-electron chi connectivity index (χ2n) is 7.76. The Labute approximate surface area is 179 Å². The minimum Gasteiger partial charge on any atom is -0.465 e. The highest BCUT2D eigenvalue weighted by Gasteiger charge is 2.41. The van der Waals surface area contributed by atoms with Crippen LogP contribution in [0.2, 0.25) is 0 Å². The monoisotopic (exact) mass is 434 g/mol. The van der Waals surface area contributed by atoms with Gasteiger partial charge in [-0.3, -0.25) is 4.79 Å². The minimum atomic E-state index is -1.33. The summed E-state index contributed by atoms with van der Waals surface area (Å²) in [5.74, 6) is -4.76. The number of rotatable bonds is 7. The Morgan fingerprint density at radius 2 is 1.81 bits per heavy atom. The summed E-state index contributed by atoms with van der Waals surface area (Å²) < 4.78 is 41.9. The molecule has 2 aromatic carbocycles. The van der Waals surface area contributed by atoms with Gasteiger partial charge in [0.25, 0.3) is 0 Å². The number of carboxylic acid groups (broad SMARTS) is 1. The molecular weight excluding hydrogens is 409 g/mol. The highest BCUT2D eigenvalue weighted by molar-refractivity contribution is 5.79. The lowest BCUT2D eigenvalue weighted by molar-refractivity contribution is -0.136. The number of hydrogen-bond acceptors (Lipinski definition) is 2. The molecule has 8 heteroatoms. The van der Waals surface area contributed by atoms with Crippen LogP contribution in [0.3, 0.4) is 0 Å². The Morgan fingerprint density at radius 1 is 1.13 bits per heavy atom. The summed E-state index contributed by atoms with van der Waals surface area (Å²) in [6.45, 7) is 2.43. The molecule has 1 heterocycles. The molecule has 1 aliphatic heterocycles. The van der Waals surface area contributed by atoms with Crippen molar-refractivity contribution in [1.29, 1.82) is 0 Å². The third kappa shape index (κ3) is 5.18. The van der Waals surface area contributed by atoms with Crippen LogP contribution in [0.5, 0.6) is 0 Å². The van der Waals surface area contributed by atoms with E-state index in [1.54, 1.807) is 0 Å². The normalized spacial score (nSPS) is 18.8. The van der Waals surface area contributed by atoms with Gasteiger partial charge >= 0.3 is 6.09 Å². The van der Waals surface area contributed by atoms with Crippen LogP contribution in [0.4, 0.5) is 18.0 Å². The van der Waals surface area contributed by atoms with Crippen LogP contribution >= 0.6 is 0 Å². The number of likely N-dealkylation sites (tertiary alicyclic amines) is 1. The van der Waals surface area contributed by atoms with Crippen molar-refractivity contribution in [3.63, 3.8) is 0 Å². The van der Waals surface area contributed by atoms with Gasteiger partial charge in [-0.1, -0.05) is 43.7 Å². The predicted molar refractivity (Wildman–Crippen MR) is 109 cm³/mol. The summed E-state index contributed by atoms with van der Waals surface area (Å²) in [6, 6.07) is 9.64. The van der Waals surface area contributed by atoms with Crippen molar-refractivity contribution in [3.05, 3.63) is 71.0 Å². The molecular formula is C23H25F3N2O3. The van der Waals surface area contributed by atoms with Crippen molar-refractivity contribution in [1.82, 2.24) is 9.80 Å². The molecule has 0 spiro atoms. The zero-order valence-corrected chi connectivity index (χ0v) is 17.2. The van der Waals surface area contributed by atoms with E-state index >= 15 is 0 Å². The number of hydrogen-bond donors (Lipinski definition) is 1. The SMILES string of the molecule is CCCCN(C(=O)O)[C@H]1CN(Cc2ccccc2)C(=O)C[C@@H]1c1cc(F)c(F)cc1F. The number of piperidine rings is 1. The highest BCUT2D eigenvalue weighted by atomic mass is 19.2. The van der Waals surface area contributed by atoms with Gasteiger partial charge in [-0.25, -0.2) is 18.0 Å².